The lowest BCUT2D eigenvalue weighted by Crippen LogP contribution is -2.38. The van der Waals surface area contributed by atoms with Crippen molar-refractivity contribution in [2.75, 3.05) is 13.1 Å². The van der Waals surface area contributed by atoms with Gasteiger partial charge in [-0.2, -0.15) is 0 Å². The Balaban J connectivity index is 0.00000625. The average Bonchev–Trinajstić information content (AvgIpc) is 2.59. The molecule has 148 valence electrons. The van der Waals surface area contributed by atoms with E-state index in [2.05, 4.69) is 48.6 Å². The first-order valence-electron chi connectivity index (χ1n) is 9.38. The summed E-state index contributed by atoms with van der Waals surface area (Å²) < 4.78 is 0. The molecule has 1 aromatic carbocycles. The summed E-state index contributed by atoms with van der Waals surface area (Å²) in [6.45, 7) is 12.8. The van der Waals surface area contributed by atoms with Gasteiger partial charge in [0.1, 0.15) is 0 Å². The van der Waals surface area contributed by atoms with Gasteiger partial charge >= 0.3 is 0 Å². The number of benzene rings is 1. The maximum absolute atomic E-state index is 12.2. The molecular weight excluding hydrogens is 439 g/mol. The molecule has 1 atom stereocenters. The van der Waals surface area contributed by atoms with Gasteiger partial charge in [0.05, 0.1) is 6.54 Å². The summed E-state index contributed by atoms with van der Waals surface area (Å²) in [6.07, 6.45) is 2.03. The van der Waals surface area contributed by atoms with Gasteiger partial charge in [-0.3, -0.25) is 4.79 Å². The first-order valence-corrected chi connectivity index (χ1v) is 9.38. The van der Waals surface area contributed by atoms with Crippen LogP contribution in [0.3, 0.4) is 0 Å². The van der Waals surface area contributed by atoms with Crippen LogP contribution >= 0.6 is 24.0 Å². The first kappa shape index (κ1) is 24.7. The van der Waals surface area contributed by atoms with Crippen LogP contribution < -0.4 is 16.0 Å². The summed E-state index contributed by atoms with van der Waals surface area (Å²) in [6, 6.07) is 7.85. The summed E-state index contributed by atoms with van der Waals surface area (Å²) in [5, 5.41) is 9.61. The summed E-state index contributed by atoms with van der Waals surface area (Å²) in [5.41, 5.74) is 1.71. The quantitative estimate of drug-likeness (QED) is 0.289. The van der Waals surface area contributed by atoms with Crippen molar-refractivity contribution in [1.82, 2.24) is 16.0 Å². The fraction of sp³-hybridized carbons (Fsp3) is 0.600. The zero-order valence-corrected chi connectivity index (χ0v) is 19.1. The van der Waals surface area contributed by atoms with Gasteiger partial charge in [-0.1, -0.05) is 32.9 Å². The molecule has 1 amide bonds. The van der Waals surface area contributed by atoms with Gasteiger partial charge in [-0.05, 0) is 50.3 Å². The van der Waals surface area contributed by atoms with Crippen molar-refractivity contribution >= 4 is 35.8 Å². The Morgan fingerprint density at radius 1 is 1.15 bits per heavy atom. The molecule has 0 bridgehead atoms. The fourth-order valence-corrected chi connectivity index (χ4v) is 2.21. The van der Waals surface area contributed by atoms with E-state index in [0.717, 1.165) is 37.5 Å². The van der Waals surface area contributed by atoms with E-state index in [1.807, 2.05) is 31.2 Å². The Morgan fingerprint density at radius 2 is 1.88 bits per heavy atom. The molecule has 0 heterocycles. The van der Waals surface area contributed by atoms with Gasteiger partial charge in [0, 0.05) is 24.7 Å². The lowest BCUT2D eigenvalue weighted by atomic mass is 10.1. The maximum Gasteiger partial charge on any atom is 0.251 e. The molecule has 3 N–H and O–H groups in total. The van der Waals surface area contributed by atoms with Crippen molar-refractivity contribution in [3.05, 3.63) is 35.4 Å². The summed E-state index contributed by atoms with van der Waals surface area (Å²) in [4.78, 5) is 16.9. The number of amides is 1. The predicted molar refractivity (Wildman–Crippen MR) is 121 cm³/mol. The number of carbonyl (C=O) groups is 1. The largest absolute Gasteiger partial charge is 0.357 e. The zero-order chi connectivity index (χ0) is 18.7. The van der Waals surface area contributed by atoms with E-state index in [1.165, 1.54) is 0 Å². The molecule has 0 saturated heterocycles. The highest BCUT2D eigenvalue weighted by Gasteiger charge is 2.09. The zero-order valence-electron chi connectivity index (χ0n) is 16.8. The van der Waals surface area contributed by atoms with E-state index >= 15 is 0 Å². The Labute approximate surface area is 175 Å². The van der Waals surface area contributed by atoms with Gasteiger partial charge in [0.25, 0.3) is 5.91 Å². The first-order chi connectivity index (χ1) is 12.0. The van der Waals surface area contributed by atoms with Gasteiger partial charge in [0.15, 0.2) is 5.96 Å². The lowest BCUT2D eigenvalue weighted by molar-refractivity contribution is 0.0939. The second-order valence-corrected chi connectivity index (χ2v) is 6.79. The molecule has 1 unspecified atom stereocenters. The van der Waals surface area contributed by atoms with E-state index in [-0.39, 0.29) is 35.9 Å². The van der Waals surface area contributed by atoms with Crippen LogP contribution in [0, 0.1) is 5.92 Å². The van der Waals surface area contributed by atoms with E-state index in [0.29, 0.717) is 18.0 Å². The molecule has 0 radical (unpaired) electrons. The third-order valence-electron chi connectivity index (χ3n) is 3.96. The Hall–Kier alpha value is -1.31. The third-order valence-corrected chi connectivity index (χ3v) is 3.96. The smallest absolute Gasteiger partial charge is 0.251 e. The van der Waals surface area contributed by atoms with Crippen LogP contribution in [-0.4, -0.2) is 31.0 Å². The number of rotatable bonds is 9. The molecular formula is C20H35IN4O. The summed E-state index contributed by atoms with van der Waals surface area (Å²) >= 11 is 0. The van der Waals surface area contributed by atoms with Crippen LogP contribution in [0.15, 0.2) is 29.3 Å². The van der Waals surface area contributed by atoms with Gasteiger partial charge in [0.2, 0.25) is 0 Å². The molecule has 0 aliphatic rings. The Bertz CT molecular complexity index is 560. The molecule has 1 rings (SSSR count). The molecule has 5 nitrogen and oxygen atoms in total. The highest BCUT2D eigenvalue weighted by atomic mass is 127. The van der Waals surface area contributed by atoms with Crippen LogP contribution in [0.5, 0.6) is 0 Å². The van der Waals surface area contributed by atoms with Crippen molar-refractivity contribution < 1.29 is 4.79 Å². The SMILES string of the molecule is CCNC(=NCc1cccc(C(=O)NC(C)CC)c1)NCCC(C)C.I. The number of hydrogen-bond acceptors (Lipinski definition) is 2. The number of hydrogen-bond donors (Lipinski definition) is 3. The number of guanidine groups is 1. The van der Waals surface area contributed by atoms with Crippen molar-refractivity contribution in [3.8, 4) is 0 Å². The molecule has 6 heteroatoms. The van der Waals surface area contributed by atoms with Gasteiger partial charge in [-0.25, -0.2) is 4.99 Å². The Morgan fingerprint density at radius 3 is 2.50 bits per heavy atom. The molecule has 26 heavy (non-hydrogen) atoms. The predicted octanol–water partition coefficient (Wildman–Crippen LogP) is 3.93. The van der Waals surface area contributed by atoms with E-state index in [4.69, 9.17) is 0 Å². The molecule has 0 spiro atoms. The number of halogens is 1. The number of aliphatic imine (C=N–C) groups is 1. The minimum absolute atomic E-state index is 0. The normalized spacial score (nSPS) is 12.3. The topological polar surface area (TPSA) is 65.5 Å². The molecule has 0 aliphatic heterocycles. The van der Waals surface area contributed by atoms with Crippen LogP contribution in [-0.2, 0) is 6.54 Å². The van der Waals surface area contributed by atoms with E-state index in [1.54, 1.807) is 0 Å². The number of nitrogens with zero attached hydrogens (tertiary/aromatic N) is 1. The lowest BCUT2D eigenvalue weighted by Gasteiger charge is -2.13. The molecule has 0 aliphatic carbocycles. The second-order valence-electron chi connectivity index (χ2n) is 6.79. The average molecular weight is 474 g/mol. The van der Waals surface area contributed by atoms with E-state index < -0.39 is 0 Å². The second kappa shape index (κ2) is 13.8. The van der Waals surface area contributed by atoms with Gasteiger partial charge in [-0.15, -0.1) is 24.0 Å². The minimum Gasteiger partial charge on any atom is -0.357 e. The van der Waals surface area contributed by atoms with Crippen LogP contribution in [0.25, 0.3) is 0 Å². The summed E-state index contributed by atoms with van der Waals surface area (Å²) in [5.74, 6) is 1.45. The van der Waals surface area contributed by atoms with Crippen molar-refractivity contribution in [2.24, 2.45) is 10.9 Å². The van der Waals surface area contributed by atoms with Crippen LogP contribution in [0.1, 0.15) is 63.4 Å². The van der Waals surface area contributed by atoms with Crippen LogP contribution in [0.2, 0.25) is 0 Å². The standard InChI is InChI=1S/C20H34N4O.HI/c1-6-16(5)24-19(25)18-10-8-9-17(13-18)14-23-20(21-7-2)22-12-11-15(3)4;/h8-10,13,15-16H,6-7,11-12,14H2,1-5H3,(H,24,25)(H2,21,22,23);1H. The monoisotopic (exact) mass is 474 g/mol. The number of carbonyl (C=O) groups excluding carboxylic acids is 1. The van der Waals surface area contributed by atoms with Gasteiger partial charge < -0.3 is 16.0 Å². The van der Waals surface area contributed by atoms with Crippen molar-refractivity contribution in [2.45, 2.75) is 60.0 Å². The molecule has 0 aromatic heterocycles. The fourth-order valence-electron chi connectivity index (χ4n) is 2.21. The van der Waals surface area contributed by atoms with Crippen molar-refractivity contribution in [1.29, 1.82) is 0 Å². The molecule has 0 saturated carbocycles. The molecule has 0 fully saturated rings. The maximum atomic E-state index is 12.2. The van der Waals surface area contributed by atoms with E-state index in [9.17, 15) is 4.79 Å². The van der Waals surface area contributed by atoms with Crippen LogP contribution in [0.4, 0.5) is 0 Å². The minimum atomic E-state index is -0.0258. The highest BCUT2D eigenvalue weighted by molar-refractivity contribution is 14.0. The molecule has 1 aromatic rings. The highest BCUT2D eigenvalue weighted by Crippen LogP contribution is 2.07. The van der Waals surface area contributed by atoms with Crippen molar-refractivity contribution in [3.63, 3.8) is 0 Å². The third kappa shape index (κ3) is 9.99. The Kier molecular flexibility index (Phi) is 13.1. The number of nitrogens with one attached hydrogen (secondary N) is 3. The summed E-state index contributed by atoms with van der Waals surface area (Å²) in [7, 11) is 0.